The quantitative estimate of drug-likeness (QED) is 0.859. The van der Waals surface area contributed by atoms with Crippen LogP contribution in [0.3, 0.4) is 0 Å². The van der Waals surface area contributed by atoms with E-state index in [9.17, 15) is 4.39 Å². The molecule has 0 spiro atoms. The first kappa shape index (κ1) is 10.4. The van der Waals surface area contributed by atoms with E-state index in [0.717, 1.165) is 5.82 Å². The Morgan fingerprint density at radius 1 is 1.12 bits per heavy atom. The van der Waals surface area contributed by atoms with Gasteiger partial charge in [0.2, 0.25) is 5.88 Å². The van der Waals surface area contributed by atoms with E-state index in [1.165, 1.54) is 12.1 Å². The summed E-state index contributed by atoms with van der Waals surface area (Å²) in [4.78, 5) is 4.18. The molecule has 1 N–H and O–H groups in total. The molecule has 2 rings (SSSR count). The molecule has 82 valence electrons. The fraction of sp³-hybridized carbons (Fsp3) is 0.0833. The molecule has 0 aliphatic rings. The average Bonchev–Trinajstić information content (AvgIpc) is 2.32. The summed E-state index contributed by atoms with van der Waals surface area (Å²) >= 11 is 0. The average molecular weight is 218 g/mol. The highest BCUT2D eigenvalue weighted by Crippen LogP contribution is 2.20. The van der Waals surface area contributed by atoms with Crippen molar-refractivity contribution in [3.8, 4) is 11.6 Å². The monoisotopic (exact) mass is 218 g/mol. The van der Waals surface area contributed by atoms with Crippen LogP contribution in [-0.4, -0.2) is 12.0 Å². The third kappa shape index (κ3) is 2.48. The van der Waals surface area contributed by atoms with Crippen LogP contribution in [0.2, 0.25) is 0 Å². The van der Waals surface area contributed by atoms with Crippen LogP contribution in [0.1, 0.15) is 0 Å². The standard InChI is InChI=1S/C12H11FN2O/c1-14-11-3-2-4-12(15-11)16-10-7-5-9(13)6-8-10/h2-8H,1H3,(H,14,15). The van der Waals surface area contributed by atoms with Gasteiger partial charge in [-0.15, -0.1) is 0 Å². The normalized spacial score (nSPS) is 9.88. The first-order chi connectivity index (χ1) is 7.78. The minimum absolute atomic E-state index is 0.288. The smallest absolute Gasteiger partial charge is 0.221 e. The number of benzene rings is 1. The number of rotatable bonds is 3. The molecule has 0 saturated carbocycles. The Bertz CT molecular complexity index is 471. The number of ether oxygens (including phenoxy) is 1. The van der Waals surface area contributed by atoms with Crippen molar-refractivity contribution in [3.63, 3.8) is 0 Å². The Morgan fingerprint density at radius 3 is 2.56 bits per heavy atom. The van der Waals surface area contributed by atoms with Crippen molar-refractivity contribution in [1.82, 2.24) is 4.98 Å². The predicted octanol–water partition coefficient (Wildman–Crippen LogP) is 3.05. The van der Waals surface area contributed by atoms with Crippen molar-refractivity contribution in [2.75, 3.05) is 12.4 Å². The number of nitrogens with one attached hydrogen (secondary N) is 1. The van der Waals surface area contributed by atoms with Crippen LogP contribution in [0, 0.1) is 5.82 Å². The summed E-state index contributed by atoms with van der Waals surface area (Å²) in [5.41, 5.74) is 0. The Labute approximate surface area is 92.9 Å². The Hall–Kier alpha value is -2.10. The van der Waals surface area contributed by atoms with E-state index in [1.807, 2.05) is 12.1 Å². The lowest BCUT2D eigenvalue weighted by atomic mass is 10.3. The van der Waals surface area contributed by atoms with Gasteiger partial charge in [0, 0.05) is 13.1 Å². The second kappa shape index (κ2) is 4.61. The fourth-order valence-electron chi connectivity index (χ4n) is 1.23. The minimum Gasteiger partial charge on any atom is -0.439 e. The first-order valence-corrected chi connectivity index (χ1v) is 4.86. The summed E-state index contributed by atoms with van der Waals surface area (Å²) in [6, 6.07) is 11.2. The van der Waals surface area contributed by atoms with Crippen LogP contribution in [0.4, 0.5) is 10.2 Å². The lowest BCUT2D eigenvalue weighted by Gasteiger charge is -2.05. The summed E-state index contributed by atoms with van der Waals surface area (Å²) in [5, 5.41) is 2.91. The highest BCUT2D eigenvalue weighted by atomic mass is 19.1. The number of anilines is 1. The number of hydrogen-bond acceptors (Lipinski definition) is 3. The summed E-state index contributed by atoms with van der Waals surface area (Å²) in [5.74, 6) is 1.46. The third-order valence-electron chi connectivity index (χ3n) is 2.02. The van der Waals surface area contributed by atoms with Crippen LogP contribution in [-0.2, 0) is 0 Å². The van der Waals surface area contributed by atoms with Crippen molar-refractivity contribution >= 4 is 5.82 Å². The predicted molar refractivity (Wildman–Crippen MR) is 60.3 cm³/mol. The van der Waals surface area contributed by atoms with E-state index in [-0.39, 0.29) is 5.82 Å². The maximum absolute atomic E-state index is 12.7. The molecule has 16 heavy (non-hydrogen) atoms. The van der Waals surface area contributed by atoms with Gasteiger partial charge in [0.05, 0.1) is 0 Å². The van der Waals surface area contributed by atoms with Crippen molar-refractivity contribution < 1.29 is 9.13 Å². The van der Waals surface area contributed by atoms with Gasteiger partial charge < -0.3 is 10.1 Å². The van der Waals surface area contributed by atoms with Crippen LogP contribution >= 0.6 is 0 Å². The summed E-state index contributed by atoms with van der Waals surface area (Å²) in [6.45, 7) is 0. The Kier molecular flexibility index (Phi) is 3.00. The van der Waals surface area contributed by atoms with Gasteiger partial charge in [-0.25, -0.2) is 4.39 Å². The first-order valence-electron chi connectivity index (χ1n) is 4.86. The molecule has 0 aliphatic heterocycles. The number of nitrogens with zero attached hydrogens (tertiary/aromatic N) is 1. The highest BCUT2D eigenvalue weighted by molar-refractivity contribution is 5.37. The molecule has 0 aliphatic carbocycles. The molecular weight excluding hydrogens is 207 g/mol. The van der Waals surface area contributed by atoms with Gasteiger partial charge in [-0.2, -0.15) is 4.98 Å². The number of halogens is 1. The van der Waals surface area contributed by atoms with Crippen molar-refractivity contribution in [3.05, 3.63) is 48.3 Å². The molecule has 1 heterocycles. The van der Waals surface area contributed by atoms with Gasteiger partial charge >= 0.3 is 0 Å². The van der Waals surface area contributed by atoms with Gasteiger partial charge in [-0.3, -0.25) is 0 Å². The number of aromatic nitrogens is 1. The molecule has 1 aromatic carbocycles. The molecule has 0 radical (unpaired) electrons. The maximum Gasteiger partial charge on any atom is 0.221 e. The summed E-state index contributed by atoms with van der Waals surface area (Å²) in [6.07, 6.45) is 0. The zero-order chi connectivity index (χ0) is 11.4. The van der Waals surface area contributed by atoms with Gasteiger partial charge in [0.1, 0.15) is 17.4 Å². The minimum atomic E-state index is -0.288. The van der Waals surface area contributed by atoms with Crippen molar-refractivity contribution in [2.24, 2.45) is 0 Å². The van der Waals surface area contributed by atoms with E-state index in [0.29, 0.717) is 11.6 Å². The molecule has 0 atom stereocenters. The molecule has 0 unspecified atom stereocenters. The molecular formula is C12H11FN2O. The molecule has 3 nitrogen and oxygen atoms in total. The lowest BCUT2D eigenvalue weighted by Crippen LogP contribution is -1.94. The molecule has 2 aromatic rings. The molecule has 4 heteroatoms. The van der Waals surface area contributed by atoms with Crippen LogP contribution in [0.25, 0.3) is 0 Å². The molecule has 0 fully saturated rings. The van der Waals surface area contributed by atoms with Crippen LogP contribution in [0.15, 0.2) is 42.5 Å². The summed E-state index contributed by atoms with van der Waals surface area (Å²) < 4.78 is 18.1. The second-order valence-electron chi connectivity index (χ2n) is 3.17. The molecule has 1 aromatic heterocycles. The van der Waals surface area contributed by atoms with Crippen LogP contribution in [0.5, 0.6) is 11.6 Å². The van der Waals surface area contributed by atoms with E-state index >= 15 is 0 Å². The number of pyridine rings is 1. The molecule has 0 saturated heterocycles. The van der Waals surface area contributed by atoms with Gasteiger partial charge in [0.25, 0.3) is 0 Å². The topological polar surface area (TPSA) is 34.1 Å². The van der Waals surface area contributed by atoms with E-state index in [1.54, 1.807) is 25.2 Å². The van der Waals surface area contributed by atoms with Crippen molar-refractivity contribution in [2.45, 2.75) is 0 Å². The largest absolute Gasteiger partial charge is 0.439 e. The second-order valence-corrected chi connectivity index (χ2v) is 3.17. The van der Waals surface area contributed by atoms with Gasteiger partial charge in [-0.05, 0) is 30.3 Å². The highest BCUT2D eigenvalue weighted by Gasteiger charge is 1.99. The zero-order valence-corrected chi connectivity index (χ0v) is 8.77. The molecule has 0 bridgehead atoms. The fourth-order valence-corrected chi connectivity index (χ4v) is 1.23. The Morgan fingerprint density at radius 2 is 1.88 bits per heavy atom. The van der Waals surface area contributed by atoms with E-state index < -0.39 is 0 Å². The zero-order valence-electron chi connectivity index (χ0n) is 8.77. The SMILES string of the molecule is CNc1cccc(Oc2ccc(F)cc2)n1. The summed E-state index contributed by atoms with van der Waals surface area (Å²) in [7, 11) is 1.78. The van der Waals surface area contributed by atoms with Gasteiger partial charge in [0.15, 0.2) is 0 Å². The van der Waals surface area contributed by atoms with E-state index in [2.05, 4.69) is 10.3 Å². The van der Waals surface area contributed by atoms with Gasteiger partial charge in [-0.1, -0.05) is 6.07 Å². The third-order valence-corrected chi connectivity index (χ3v) is 2.02. The number of hydrogen-bond donors (Lipinski definition) is 1. The molecule has 0 amide bonds. The lowest BCUT2D eigenvalue weighted by molar-refractivity contribution is 0.462. The van der Waals surface area contributed by atoms with Crippen molar-refractivity contribution in [1.29, 1.82) is 0 Å². The van der Waals surface area contributed by atoms with E-state index in [4.69, 9.17) is 4.74 Å². The maximum atomic E-state index is 12.7. The van der Waals surface area contributed by atoms with Crippen LogP contribution < -0.4 is 10.1 Å². The Balaban J connectivity index is 2.16.